The highest BCUT2D eigenvalue weighted by Gasteiger charge is 2.25. The van der Waals surface area contributed by atoms with Crippen molar-refractivity contribution in [2.45, 2.75) is 51.1 Å². The molecule has 14 heteroatoms. The summed E-state index contributed by atoms with van der Waals surface area (Å²) < 4.78 is 3.55. The number of carbonyl (C=O) groups is 2. The van der Waals surface area contributed by atoms with Gasteiger partial charge in [0.25, 0.3) is 0 Å². The summed E-state index contributed by atoms with van der Waals surface area (Å²) >= 11 is 0. The van der Waals surface area contributed by atoms with Crippen molar-refractivity contribution >= 4 is 11.9 Å². The van der Waals surface area contributed by atoms with Crippen molar-refractivity contribution in [1.82, 2.24) is 50.6 Å². The molecule has 4 N–H and O–H groups in total. The average Bonchev–Trinajstić information content (AvgIpc) is 3.78. The molecule has 0 radical (unpaired) electrons. The van der Waals surface area contributed by atoms with Crippen molar-refractivity contribution < 1.29 is 19.8 Å². The molecule has 50 heavy (non-hydrogen) atoms. The van der Waals surface area contributed by atoms with E-state index in [1.54, 1.807) is 33.6 Å². The summed E-state index contributed by atoms with van der Waals surface area (Å²) in [4.78, 5) is 32.3. The van der Waals surface area contributed by atoms with Gasteiger partial charge in [-0.25, -0.2) is 28.9 Å². The van der Waals surface area contributed by atoms with Crippen LogP contribution in [0, 0.1) is 0 Å². The van der Waals surface area contributed by atoms with E-state index in [9.17, 15) is 19.8 Å². The fraction of sp³-hybridized carbons (Fsp3) is 0.222. The molecule has 0 fully saturated rings. The number of benzene rings is 2. The zero-order chi connectivity index (χ0) is 34.7. The molecule has 0 bridgehead atoms. The summed E-state index contributed by atoms with van der Waals surface area (Å²) in [6, 6.07) is 29.1. The van der Waals surface area contributed by atoms with Crippen LogP contribution in [0.5, 0.6) is 0 Å². The standard InChI is InChI=1S/C36H36N10O4/c47-35(48)31-15-7-13-27(39-31)17-33(37-19-29-23-45(43-41-29)21-25-9-3-1-4-10-25)34(18-28-14-8-16-32(40-28)36(49)50)38-20-30-24-46(44-42-30)22-26-11-5-2-6-12-26/h1-16,23-24,33-34,37-38H,17-22H2,(H,47,48)(H,49,50). The minimum absolute atomic E-state index is 0.0551. The number of carboxylic acids is 2. The molecule has 0 aliphatic carbocycles. The lowest BCUT2D eigenvalue weighted by Crippen LogP contribution is -2.50. The third kappa shape index (κ3) is 9.49. The maximum atomic E-state index is 11.7. The number of rotatable bonds is 17. The first kappa shape index (κ1) is 33.8. The van der Waals surface area contributed by atoms with Gasteiger partial charge in [0.2, 0.25) is 0 Å². The molecule has 2 unspecified atom stereocenters. The van der Waals surface area contributed by atoms with Crippen molar-refractivity contribution in [3.63, 3.8) is 0 Å². The lowest BCUT2D eigenvalue weighted by Gasteiger charge is -2.29. The highest BCUT2D eigenvalue weighted by Crippen LogP contribution is 2.14. The van der Waals surface area contributed by atoms with E-state index in [4.69, 9.17) is 0 Å². The molecule has 6 aromatic rings. The van der Waals surface area contributed by atoms with Crippen LogP contribution in [0.2, 0.25) is 0 Å². The lowest BCUT2D eigenvalue weighted by atomic mass is 9.97. The molecular formula is C36H36N10O4. The molecule has 0 aliphatic rings. The maximum Gasteiger partial charge on any atom is 0.354 e. The first-order chi connectivity index (χ1) is 24.4. The van der Waals surface area contributed by atoms with Gasteiger partial charge in [-0.05, 0) is 35.4 Å². The smallest absolute Gasteiger partial charge is 0.354 e. The fourth-order valence-corrected chi connectivity index (χ4v) is 5.59. The van der Waals surface area contributed by atoms with Crippen LogP contribution in [0.1, 0.15) is 54.9 Å². The van der Waals surface area contributed by atoms with Gasteiger partial charge in [0.05, 0.1) is 36.9 Å². The van der Waals surface area contributed by atoms with Gasteiger partial charge in [-0.1, -0.05) is 83.2 Å². The largest absolute Gasteiger partial charge is 0.477 e. The lowest BCUT2D eigenvalue weighted by molar-refractivity contribution is 0.0679. The van der Waals surface area contributed by atoms with Gasteiger partial charge in [0.15, 0.2) is 0 Å². The summed E-state index contributed by atoms with van der Waals surface area (Å²) in [6.45, 7) is 1.85. The Balaban J connectivity index is 1.25. The fourth-order valence-electron chi connectivity index (χ4n) is 5.59. The van der Waals surface area contributed by atoms with Crippen LogP contribution in [-0.2, 0) is 39.0 Å². The van der Waals surface area contributed by atoms with Crippen LogP contribution in [0.25, 0.3) is 0 Å². The number of aromatic nitrogens is 8. The van der Waals surface area contributed by atoms with E-state index in [1.807, 2.05) is 73.1 Å². The highest BCUT2D eigenvalue weighted by atomic mass is 16.4. The van der Waals surface area contributed by atoms with Crippen LogP contribution in [-0.4, -0.2) is 74.2 Å². The van der Waals surface area contributed by atoms with Gasteiger partial charge in [0.1, 0.15) is 11.4 Å². The molecule has 14 nitrogen and oxygen atoms in total. The first-order valence-electron chi connectivity index (χ1n) is 16.1. The Bertz CT molecular complexity index is 1870. The van der Waals surface area contributed by atoms with Crippen LogP contribution in [0.3, 0.4) is 0 Å². The number of nitrogens with zero attached hydrogens (tertiary/aromatic N) is 8. The van der Waals surface area contributed by atoms with Crippen LogP contribution >= 0.6 is 0 Å². The zero-order valence-corrected chi connectivity index (χ0v) is 27.1. The summed E-state index contributed by atoms with van der Waals surface area (Å²) in [7, 11) is 0. The second kappa shape index (κ2) is 16.3. The Morgan fingerprint density at radius 1 is 0.560 bits per heavy atom. The summed E-state index contributed by atoms with van der Waals surface area (Å²) in [5, 5.41) is 43.7. The Labute approximate surface area is 287 Å². The predicted octanol–water partition coefficient (Wildman–Crippen LogP) is 3.25. The Hall–Kier alpha value is -6.12. The quantitative estimate of drug-likeness (QED) is 0.111. The number of hydrogen-bond acceptors (Lipinski definition) is 10. The van der Waals surface area contributed by atoms with Gasteiger partial charge >= 0.3 is 11.9 Å². The number of nitrogens with one attached hydrogen (secondary N) is 2. The first-order valence-corrected chi connectivity index (χ1v) is 16.1. The van der Waals surface area contributed by atoms with E-state index < -0.39 is 11.9 Å². The third-order valence-electron chi connectivity index (χ3n) is 8.03. The average molecular weight is 673 g/mol. The zero-order valence-electron chi connectivity index (χ0n) is 27.1. The SMILES string of the molecule is O=C(O)c1cccc(CC(NCc2cn(Cc3ccccc3)nn2)C(Cc2cccc(C(=O)O)n2)NCc2cn(Cc3ccccc3)nn2)n1. The molecular weight excluding hydrogens is 636 g/mol. The minimum Gasteiger partial charge on any atom is -0.477 e. The van der Waals surface area contributed by atoms with Gasteiger partial charge < -0.3 is 20.8 Å². The van der Waals surface area contributed by atoms with E-state index >= 15 is 0 Å². The van der Waals surface area contributed by atoms with Crippen LogP contribution < -0.4 is 10.6 Å². The van der Waals surface area contributed by atoms with Crippen molar-refractivity contribution in [2.75, 3.05) is 0 Å². The van der Waals surface area contributed by atoms with E-state index in [0.717, 1.165) is 11.1 Å². The van der Waals surface area contributed by atoms with Crippen molar-refractivity contribution in [3.8, 4) is 0 Å². The minimum atomic E-state index is -1.12. The van der Waals surface area contributed by atoms with E-state index in [-0.39, 0.29) is 23.5 Å². The van der Waals surface area contributed by atoms with E-state index in [2.05, 4.69) is 41.2 Å². The second-order valence-electron chi connectivity index (χ2n) is 11.8. The number of pyridine rings is 2. The van der Waals surface area contributed by atoms with Gasteiger partial charge in [0, 0.05) is 49.4 Å². The van der Waals surface area contributed by atoms with E-state index in [1.165, 1.54) is 12.1 Å². The summed E-state index contributed by atoms with van der Waals surface area (Å²) in [6.07, 6.45) is 4.45. The second-order valence-corrected chi connectivity index (χ2v) is 11.8. The van der Waals surface area contributed by atoms with Crippen LogP contribution in [0.4, 0.5) is 0 Å². The number of carboxylic acid groups (broad SMARTS) is 2. The molecule has 4 aromatic heterocycles. The van der Waals surface area contributed by atoms with Gasteiger partial charge in [-0.15, -0.1) is 10.2 Å². The molecule has 0 amide bonds. The summed E-state index contributed by atoms with van der Waals surface area (Å²) in [5.74, 6) is -2.23. The Morgan fingerprint density at radius 3 is 1.38 bits per heavy atom. The molecule has 254 valence electrons. The normalized spacial score (nSPS) is 12.4. The molecule has 0 aliphatic heterocycles. The molecule has 0 saturated heterocycles. The van der Waals surface area contributed by atoms with E-state index in [0.29, 0.717) is 61.8 Å². The molecule has 2 atom stereocenters. The number of aromatic carboxylic acids is 2. The molecule has 4 heterocycles. The van der Waals surface area contributed by atoms with Crippen molar-refractivity contribution in [1.29, 1.82) is 0 Å². The molecule has 6 rings (SSSR count). The third-order valence-corrected chi connectivity index (χ3v) is 8.03. The molecule has 2 aromatic carbocycles. The predicted molar refractivity (Wildman–Crippen MR) is 182 cm³/mol. The van der Waals surface area contributed by atoms with Gasteiger partial charge in [-0.2, -0.15) is 0 Å². The Kier molecular flexibility index (Phi) is 11.0. The molecule has 0 saturated carbocycles. The Morgan fingerprint density at radius 2 is 0.980 bits per heavy atom. The highest BCUT2D eigenvalue weighted by molar-refractivity contribution is 5.85. The summed E-state index contributed by atoms with van der Waals surface area (Å²) in [5.41, 5.74) is 4.66. The van der Waals surface area contributed by atoms with Gasteiger partial charge in [-0.3, -0.25) is 0 Å². The monoisotopic (exact) mass is 672 g/mol. The van der Waals surface area contributed by atoms with Crippen molar-refractivity contribution in [2.24, 2.45) is 0 Å². The number of hydrogen-bond donors (Lipinski definition) is 4. The molecule has 0 spiro atoms. The topological polar surface area (TPSA) is 186 Å². The maximum absolute atomic E-state index is 11.7. The van der Waals surface area contributed by atoms with Crippen LogP contribution in [0.15, 0.2) is 109 Å². The van der Waals surface area contributed by atoms with Crippen molar-refractivity contribution in [3.05, 3.63) is 155 Å².